The second-order valence-electron chi connectivity index (χ2n) is 6.86. The normalized spacial score (nSPS) is 23.6. The average Bonchev–Trinajstić information content (AvgIpc) is 2.67. The highest BCUT2D eigenvalue weighted by molar-refractivity contribution is 6.30. The van der Waals surface area contributed by atoms with Crippen molar-refractivity contribution >= 4 is 17.3 Å². The van der Waals surface area contributed by atoms with Crippen LogP contribution in [-0.2, 0) is 0 Å². The Morgan fingerprint density at radius 3 is 2.61 bits per heavy atom. The Bertz CT molecular complexity index is 1040. The van der Waals surface area contributed by atoms with Crippen LogP contribution in [0.4, 0.5) is 5.69 Å². The fourth-order valence-corrected chi connectivity index (χ4v) is 4.27. The van der Waals surface area contributed by atoms with Crippen LogP contribution in [0.3, 0.4) is 0 Å². The zero-order valence-corrected chi connectivity index (χ0v) is 15.6. The third kappa shape index (κ3) is 2.70. The molecule has 1 aromatic rings. The molecule has 0 radical (unpaired) electrons. The van der Waals surface area contributed by atoms with Gasteiger partial charge in [0.05, 0.1) is 28.3 Å². The van der Waals surface area contributed by atoms with Crippen molar-refractivity contribution in [3.8, 4) is 18.2 Å². The molecule has 1 aromatic carbocycles. The molecule has 2 N–H and O–H groups in total. The van der Waals surface area contributed by atoms with Gasteiger partial charge in [-0.2, -0.15) is 15.8 Å². The van der Waals surface area contributed by atoms with E-state index in [1.54, 1.807) is 0 Å². The second kappa shape index (κ2) is 6.98. The van der Waals surface area contributed by atoms with Crippen LogP contribution in [0.2, 0.25) is 5.02 Å². The molecule has 2 aliphatic rings. The van der Waals surface area contributed by atoms with Crippen molar-refractivity contribution in [2.45, 2.75) is 5.92 Å². The molecule has 0 amide bonds. The Hall–Kier alpha value is -3.38. The summed E-state index contributed by atoms with van der Waals surface area (Å²) in [7, 11) is 1.86. The summed E-state index contributed by atoms with van der Waals surface area (Å²) < 4.78 is 0. The Balaban J connectivity index is 2.41. The highest BCUT2D eigenvalue weighted by Gasteiger charge is 2.55. The number of nitriles is 3. The first-order chi connectivity index (χ1) is 13.3. The summed E-state index contributed by atoms with van der Waals surface area (Å²) in [5.74, 6) is -1.41. The number of rotatable bonds is 2. The van der Waals surface area contributed by atoms with Crippen LogP contribution >= 0.6 is 11.6 Å². The number of allylic oxidation sites excluding steroid dienone is 2. The summed E-state index contributed by atoms with van der Waals surface area (Å²) in [5, 5.41) is 41.4. The maximum absolute atomic E-state index is 11.7. The van der Waals surface area contributed by atoms with E-state index in [-0.39, 0.29) is 27.5 Å². The monoisotopic (exact) mass is 394 g/mol. The fourth-order valence-electron chi connectivity index (χ4n) is 4.11. The molecule has 2 unspecified atom stereocenters. The Morgan fingerprint density at radius 1 is 1.36 bits per heavy atom. The lowest BCUT2D eigenvalue weighted by atomic mass is 9.58. The molecule has 0 spiro atoms. The summed E-state index contributed by atoms with van der Waals surface area (Å²) in [6.45, 7) is 0.978. The fraction of sp³-hybridized carbons (Fsp3) is 0.316. The molecule has 1 heterocycles. The lowest BCUT2D eigenvalue weighted by Crippen LogP contribution is -2.47. The minimum absolute atomic E-state index is 0.106. The first-order valence-corrected chi connectivity index (χ1v) is 8.74. The molecule has 0 saturated heterocycles. The van der Waals surface area contributed by atoms with Gasteiger partial charge in [-0.1, -0.05) is 23.7 Å². The number of fused-ring (bicyclic) bond motifs is 1. The summed E-state index contributed by atoms with van der Waals surface area (Å²) in [6.07, 6.45) is 1.83. The van der Waals surface area contributed by atoms with E-state index in [1.165, 1.54) is 18.2 Å². The lowest BCUT2D eigenvalue weighted by Gasteiger charge is -2.44. The second-order valence-corrected chi connectivity index (χ2v) is 7.29. The maximum Gasteiger partial charge on any atom is 0.274 e. The van der Waals surface area contributed by atoms with E-state index in [2.05, 4.69) is 0 Å². The van der Waals surface area contributed by atoms with Crippen molar-refractivity contribution in [2.24, 2.45) is 17.1 Å². The van der Waals surface area contributed by atoms with E-state index in [0.717, 1.165) is 0 Å². The number of halogens is 1. The number of likely N-dealkylation sites (N-methyl/N-ethyl adjacent to an activating group) is 1. The van der Waals surface area contributed by atoms with Crippen LogP contribution in [0.15, 0.2) is 41.1 Å². The number of hydrogen-bond acceptors (Lipinski definition) is 7. The maximum atomic E-state index is 11.7. The third-order valence-electron chi connectivity index (χ3n) is 5.37. The van der Waals surface area contributed by atoms with Crippen LogP contribution in [0.25, 0.3) is 0 Å². The van der Waals surface area contributed by atoms with E-state index >= 15 is 0 Å². The molecule has 1 aliphatic heterocycles. The van der Waals surface area contributed by atoms with Crippen LogP contribution in [-0.4, -0.2) is 30.0 Å². The molecular weight excluding hydrogens is 380 g/mol. The molecule has 0 fully saturated rings. The van der Waals surface area contributed by atoms with Gasteiger partial charge in [0.1, 0.15) is 6.07 Å². The van der Waals surface area contributed by atoms with E-state index in [0.29, 0.717) is 18.7 Å². The standard InChI is InChI=1S/C19H15ClN6O2/c1-25-5-4-12-14(7-21)18(24)19(9-22,10-23)17(15(12)8-25)13-3-2-11(20)6-16(13)26(27)28/h2-4,6,15,17H,5,8,24H2,1H3. The van der Waals surface area contributed by atoms with Crippen molar-refractivity contribution in [3.63, 3.8) is 0 Å². The number of nitrogens with zero attached hydrogens (tertiary/aromatic N) is 5. The molecule has 9 heteroatoms. The first kappa shape index (κ1) is 19.4. The molecule has 3 rings (SSSR count). The Kier molecular flexibility index (Phi) is 4.83. The molecule has 0 bridgehead atoms. The van der Waals surface area contributed by atoms with Crippen molar-refractivity contribution in [3.05, 3.63) is 61.8 Å². The highest BCUT2D eigenvalue weighted by atomic mass is 35.5. The highest BCUT2D eigenvalue weighted by Crippen LogP contribution is 2.55. The smallest absolute Gasteiger partial charge is 0.274 e. The zero-order chi connectivity index (χ0) is 20.6. The summed E-state index contributed by atoms with van der Waals surface area (Å²) in [4.78, 5) is 13.1. The molecule has 0 saturated carbocycles. The van der Waals surface area contributed by atoms with Gasteiger partial charge in [0, 0.05) is 41.6 Å². The van der Waals surface area contributed by atoms with E-state index < -0.39 is 22.2 Å². The largest absolute Gasteiger partial charge is 0.399 e. The number of nitro groups is 1. The molecule has 1 aliphatic carbocycles. The van der Waals surface area contributed by atoms with Gasteiger partial charge in [-0.15, -0.1) is 0 Å². The van der Waals surface area contributed by atoms with Crippen molar-refractivity contribution < 1.29 is 4.92 Å². The van der Waals surface area contributed by atoms with E-state index in [1.807, 2.05) is 36.2 Å². The van der Waals surface area contributed by atoms with Crippen LogP contribution in [0.5, 0.6) is 0 Å². The summed E-state index contributed by atoms with van der Waals surface area (Å²) >= 11 is 5.94. The van der Waals surface area contributed by atoms with Gasteiger partial charge < -0.3 is 10.6 Å². The quantitative estimate of drug-likeness (QED) is 0.599. The molecule has 28 heavy (non-hydrogen) atoms. The Morgan fingerprint density at radius 2 is 2.04 bits per heavy atom. The van der Waals surface area contributed by atoms with E-state index in [4.69, 9.17) is 17.3 Å². The predicted octanol–water partition coefficient (Wildman–Crippen LogP) is 2.60. The van der Waals surface area contributed by atoms with Crippen LogP contribution in [0.1, 0.15) is 11.5 Å². The summed E-state index contributed by atoms with van der Waals surface area (Å²) in [5.41, 5.74) is 4.74. The van der Waals surface area contributed by atoms with Gasteiger partial charge in [-0.3, -0.25) is 10.1 Å². The van der Waals surface area contributed by atoms with Gasteiger partial charge in [-0.25, -0.2) is 0 Å². The van der Waals surface area contributed by atoms with Crippen LogP contribution < -0.4 is 5.73 Å². The molecule has 8 nitrogen and oxygen atoms in total. The number of nitrogens with two attached hydrogens (primary N) is 1. The van der Waals surface area contributed by atoms with Crippen LogP contribution in [0, 0.1) is 55.4 Å². The minimum atomic E-state index is -1.91. The van der Waals surface area contributed by atoms with Gasteiger partial charge in [0.25, 0.3) is 5.69 Å². The van der Waals surface area contributed by atoms with Crippen molar-refractivity contribution in [1.29, 1.82) is 15.8 Å². The summed E-state index contributed by atoms with van der Waals surface area (Å²) in [6, 6.07) is 10.1. The average molecular weight is 395 g/mol. The molecule has 2 atom stereocenters. The molecule has 140 valence electrons. The minimum Gasteiger partial charge on any atom is -0.399 e. The van der Waals surface area contributed by atoms with Gasteiger partial charge in [0.2, 0.25) is 0 Å². The number of benzene rings is 1. The topological polar surface area (TPSA) is 144 Å². The van der Waals surface area contributed by atoms with E-state index in [9.17, 15) is 25.9 Å². The van der Waals surface area contributed by atoms with Crippen molar-refractivity contribution in [1.82, 2.24) is 4.90 Å². The van der Waals surface area contributed by atoms with Gasteiger partial charge >= 0.3 is 0 Å². The lowest BCUT2D eigenvalue weighted by molar-refractivity contribution is -0.385. The SMILES string of the molecule is CN1CC=C2C(C#N)=C(N)C(C#N)(C#N)C(c3ccc(Cl)cc3[N+](=O)[O-])C2C1. The number of nitro benzene ring substituents is 1. The predicted molar refractivity (Wildman–Crippen MR) is 100 cm³/mol. The van der Waals surface area contributed by atoms with Crippen molar-refractivity contribution in [2.75, 3.05) is 20.1 Å². The Labute approximate surface area is 166 Å². The van der Waals surface area contributed by atoms with Gasteiger partial charge in [-0.05, 0) is 18.7 Å². The third-order valence-corrected chi connectivity index (χ3v) is 5.61. The zero-order valence-electron chi connectivity index (χ0n) is 14.9. The first-order valence-electron chi connectivity index (χ1n) is 8.36. The molecule has 0 aromatic heterocycles. The van der Waals surface area contributed by atoms with Gasteiger partial charge in [0.15, 0.2) is 5.41 Å². The molecular formula is C19H15ClN6O2. The number of hydrogen-bond donors (Lipinski definition) is 1.